The molecule has 1 aromatic carbocycles. The van der Waals surface area contributed by atoms with Crippen LogP contribution in [0, 0.1) is 13.8 Å². The van der Waals surface area contributed by atoms with Crippen LogP contribution in [0.15, 0.2) is 6.07 Å². The van der Waals surface area contributed by atoms with Crippen LogP contribution >= 0.6 is 11.6 Å². The molecule has 0 amide bonds. The summed E-state index contributed by atoms with van der Waals surface area (Å²) in [5, 5.41) is 9.37. The van der Waals surface area contributed by atoms with Crippen LogP contribution in [0.25, 0.3) is 0 Å². The van der Waals surface area contributed by atoms with Gasteiger partial charge in [0.15, 0.2) is 0 Å². The van der Waals surface area contributed by atoms with Gasteiger partial charge in [0.1, 0.15) is 5.75 Å². The number of hydrogen-bond acceptors (Lipinski definition) is 2. The molecule has 0 saturated carbocycles. The number of ether oxygens (including phenoxy) is 1. The minimum absolute atomic E-state index is 0.0730. The molecule has 0 bridgehead atoms. The number of halogens is 1. The zero-order chi connectivity index (χ0) is 11.6. The number of hydrogen-bond donors (Lipinski definition) is 1. The number of carboxylic acid groups (broad SMARTS) is 1. The van der Waals surface area contributed by atoms with Crippen LogP contribution in [-0.2, 0) is 11.2 Å². The molecule has 1 aromatic rings. The third kappa shape index (κ3) is 2.42. The third-order valence-electron chi connectivity index (χ3n) is 2.32. The van der Waals surface area contributed by atoms with Crippen LogP contribution in [0.5, 0.6) is 5.75 Å². The summed E-state index contributed by atoms with van der Waals surface area (Å²) in [4.78, 5) is 10.7. The Bertz CT molecular complexity index is 399. The summed E-state index contributed by atoms with van der Waals surface area (Å²) < 4.78 is 5.19. The molecule has 3 nitrogen and oxygen atoms in total. The van der Waals surface area contributed by atoms with Crippen molar-refractivity contribution in [3.8, 4) is 5.75 Å². The Morgan fingerprint density at radius 2 is 2.13 bits per heavy atom. The molecule has 0 aromatic heterocycles. The summed E-state index contributed by atoms with van der Waals surface area (Å²) in [6.45, 7) is 3.64. The Balaban J connectivity index is 3.36. The Morgan fingerprint density at radius 1 is 1.53 bits per heavy atom. The molecule has 0 saturated heterocycles. The lowest BCUT2D eigenvalue weighted by Crippen LogP contribution is -2.06. The van der Waals surface area contributed by atoms with E-state index in [1.54, 1.807) is 13.0 Å². The largest absolute Gasteiger partial charge is 0.496 e. The maximum absolute atomic E-state index is 10.7. The predicted octanol–water partition coefficient (Wildman–Crippen LogP) is 2.59. The molecular formula is C11H13ClO3. The molecular weight excluding hydrogens is 216 g/mol. The smallest absolute Gasteiger partial charge is 0.307 e. The topological polar surface area (TPSA) is 46.5 Å². The molecule has 1 rings (SSSR count). The van der Waals surface area contributed by atoms with Crippen LogP contribution in [0.4, 0.5) is 0 Å². The van der Waals surface area contributed by atoms with Gasteiger partial charge < -0.3 is 9.84 Å². The fourth-order valence-electron chi connectivity index (χ4n) is 1.56. The van der Waals surface area contributed by atoms with Crippen molar-refractivity contribution in [2.75, 3.05) is 7.11 Å². The van der Waals surface area contributed by atoms with Crippen LogP contribution in [-0.4, -0.2) is 18.2 Å². The molecule has 4 heteroatoms. The van der Waals surface area contributed by atoms with E-state index in [0.29, 0.717) is 16.3 Å². The monoisotopic (exact) mass is 228 g/mol. The molecule has 0 heterocycles. The third-order valence-corrected chi connectivity index (χ3v) is 2.71. The highest BCUT2D eigenvalue weighted by molar-refractivity contribution is 6.31. The summed E-state index contributed by atoms with van der Waals surface area (Å²) in [5.41, 5.74) is 2.26. The highest BCUT2D eigenvalue weighted by atomic mass is 35.5. The molecule has 0 fully saturated rings. The fourth-order valence-corrected chi connectivity index (χ4v) is 1.84. The van der Waals surface area contributed by atoms with Gasteiger partial charge in [-0.15, -0.1) is 0 Å². The molecule has 0 unspecified atom stereocenters. The SMILES string of the molecule is COc1c(C)cc(Cl)c(C)c1CC(=O)O. The van der Waals surface area contributed by atoms with Crippen molar-refractivity contribution in [3.63, 3.8) is 0 Å². The van der Waals surface area contributed by atoms with Gasteiger partial charge in [0.2, 0.25) is 0 Å². The van der Waals surface area contributed by atoms with Crippen LogP contribution in [0.2, 0.25) is 5.02 Å². The van der Waals surface area contributed by atoms with Crippen LogP contribution in [0.1, 0.15) is 16.7 Å². The lowest BCUT2D eigenvalue weighted by molar-refractivity contribution is -0.136. The second kappa shape index (κ2) is 4.53. The van der Waals surface area contributed by atoms with Gasteiger partial charge in [0, 0.05) is 10.6 Å². The minimum atomic E-state index is -0.891. The number of rotatable bonds is 3. The summed E-state index contributed by atoms with van der Waals surface area (Å²) in [6, 6.07) is 1.78. The highest BCUT2D eigenvalue weighted by Crippen LogP contribution is 2.32. The van der Waals surface area contributed by atoms with Crippen molar-refractivity contribution in [1.29, 1.82) is 0 Å². The second-order valence-electron chi connectivity index (χ2n) is 3.38. The van der Waals surface area contributed by atoms with E-state index >= 15 is 0 Å². The molecule has 0 aliphatic carbocycles. The molecule has 0 atom stereocenters. The van der Waals surface area contributed by atoms with E-state index in [9.17, 15) is 4.79 Å². The van der Waals surface area contributed by atoms with Gasteiger partial charge >= 0.3 is 5.97 Å². The Hall–Kier alpha value is -1.22. The molecule has 0 radical (unpaired) electrons. The number of carboxylic acids is 1. The van der Waals surface area contributed by atoms with Crippen molar-refractivity contribution in [2.24, 2.45) is 0 Å². The van der Waals surface area contributed by atoms with E-state index in [4.69, 9.17) is 21.4 Å². The molecule has 82 valence electrons. The second-order valence-corrected chi connectivity index (χ2v) is 3.79. The summed E-state index contributed by atoms with van der Waals surface area (Å²) in [5.74, 6) is -0.280. The van der Waals surface area contributed by atoms with Gasteiger partial charge in [0.05, 0.1) is 13.5 Å². The zero-order valence-corrected chi connectivity index (χ0v) is 9.68. The molecule has 0 spiro atoms. The summed E-state index contributed by atoms with van der Waals surface area (Å²) in [6.07, 6.45) is -0.0730. The van der Waals surface area contributed by atoms with Crippen molar-refractivity contribution in [2.45, 2.75) is 20.3 Å². The highest BCUT2D eigenvalue weighted by Gasteiger charge is 2.15. The maximum atomic E-state index is 10.7. The maximum Gasteiger partial charge on any atom is 0.307 e. The normalized spacial score (nSPS) is 10.1. The number of methoxy groups -OCH3 is 1. The van der Waals surface area contributed by atoms with Gasteiger partial charge in [-0.3, -0.25) is 4.79 Å². The lowest BCUT2D eigenvalue weighted by Gasteiger charge is -2.14. The molecule has 0 aliphatic heterocycles. The van der Waals surface area contributed by atoms with E-state index in [-0.39, 0.29) is 6.42 Å². The summed E-state index contributed by atoms with van der Waals surface area (Å²) >= 11 is 5.98. The lowest BCUT2D eigenvalue weighted by atomic mass is 10.0. The molecule has 1 N–H and O–H groups in total. The number of benzene rings is 1. The van der Waals surface area contributed by atoms with Crippen molar-refractivity contribution >= 4 is 17.6 Å². The Labute approximate surface area is 93.6 Å². The van der Waals surface area contributed by atoms with Gasteiger partial charge in [-0.1, -0.05) is 11.6 Å². The van der Waals surface area contributed by atoms with E-state index in [0.717, 1.165) is 11.1 Å². The van der Waals surface area contributed by atoms with Crippen LogP contribution in [0.3, 0.4) is 0 Å². The van der Waals surface area contributed by atoms with E-state index in [1.165, 1.54) is 7.11 Å². The van der Waals surface area contributed by atoms with Gasteiger partial charge in [0.25, 0.3) is 0 Å². The van der Waals surface area contributed by atoms with E-state index < -0.39 is 5.97 Å². The quantitative estimate of drug-likeness (QED) is 0.865. The number of aryl methyl sites for hydroxylation is 1. The predicted molar refractivity (Wildman–Crippen MR) is 58.8 cm³/mol. The van der Waals surface area contributed by atoms with E-state index in [1.807, 2.05) is 6.92 Å². The fraction of sp³-hybridized carbons (Fsp3) is 0.364. The van der Waals surface area contributed by atoms with Gasteiger partial charge in [-0.2, -0.15) is 0 Å². The van der Waals surface area contributed by atoms with Crippen molar-refractivity contribution in [3.05, 3.63) is 27.8 Å². The summed E-state index contributed by atoms with van der Waals surface area (Å²) in [7, 11) is 1.53. The Kier molecular flexibility index (Phi) is 3.58. The average Bonchev–Trinajstić information content (AvgIpc) is 2.13. The molecule has 15 heavy (non-hydrogen) atoms. The first-order valence-electron chi connectivity index (χ1n) is 4.51. The van der Waals surface area contributed by atoms with E-state index in [2.05, 4.69) is 0 Å². The first-order chi connectivity index (χ1) is 6.97. The first kappa shape index (κ1) is 11.9. The van der Waals surface area contributed by atoms with Gasteiger partial charge in [-0.05, 0) is 31.0 Å². The minimum Gasteiger partial charge on any atom is -0.496 e. The Morgan fingerprint density at radius 3 is 2.60 bits per heavy atom. The van der Waals surface area contributed by atoms with Crippen molar-refractivity contribution in [1.82, 2.24) is 0 Å². The van der Waals surface area contributed by atoms with Crippen molar-refractivity contribution < 1.29 is 14.6 Å². The van der Waals surface area contributed by atoms with Gasteiger partial charge in [-0.25, -0.2) is 0 Å². The van der Waals surface area contributed by atoms with Crippen LogP contribution < -0.4 is 4.74 Å². The zero-order valence-electron chi connectivity index (χ0n) is 8.93. The molecule has 0 aliphatic rings. The number of aliphatic carboxylic acids is 1. The first-order valence-corrected chi connectivity index (χ1v) is 4.89. The average molecular weight is 229 g/mol. The number of carbonyl (C=O) groups is 1. The standard InChI is InChI=1S/C11H13ClO3/c1-6-4-9(12)7(2)8(5-10(13)14)11(6)15-3/h4H,5H2,1-3H3,(H,13,14).